The topological polar surface area (TPSA) is 20.2 Å². The van der Waals surface area contributed by atoms with E-state index in [9.17, 15) is 26.3 Å². The van der Waals surface area contributed by atoms with E-state index in [4.69, 9.17) is 5.11 Å². The van der Waals surface area contributed by atoms with Gasteiger partial charge < -0.3 is 5.11 Å². The molecule has 7 heteroatoms. The summed E-state index contributed by atoms with van der Waals surface area (Å²) in [6.45, 7) is 0. The van der Waals surface area contributed by atoms with Gasteiger partial charge in [-0.05, 0) is 6.07 Å². The van der Waals surface area contributed by atoms with Gasteiger partial charge in [0.2, 0.25) is 0 Å². The van der Waals surface area contributed by atoms with Crippen LogP contribution in [0.1, 0.15) is 11.1 Å². The van der Waals surface area contributed by atoms with E-state index in [1.807, 2.05) is 0 Å². The first-order valence-corrected chi connectivity index (χ1v) is 4.10. The van der Waals surface area contributed by atoms with E-state index < -0.39 is 40.7 Å². The second-order valence-corrected chi connectivity index (χ2v) is 2.85. The standard InChI is InChI=1S/C10H4F6O/c11-7(9(13)14)4-2-1-3-5(17)6(4)8(12)10(15)16/h1-3,17H. The van der Waals surface area contributed by atoms with E-state index >= 15 is 0 Å². The minimum absolute atomic E-state index is 0.645. The van der Waals surface area contributed by atoms with Crippen LogP contribution in [0.2, 0.25) is 0 Å². The second kappa shape index (κ2) is 4.94. The van der Waals surface area contributed by atoms with Gasteiger partial charge in [0.1, 0.15) is 5.75 Å². The number of halogens is 6. The van der Waals surface area contributed by atoms with Crippen molar-refractivity contribution in [3.63, 3.8) is 0 Å². The SMILES string of the molecule is Oc1cccc(C(F)=C(F)F)c1C(F)=C(F)F. The summed E-state index contributed by atoms with van der Waals surface area (Å²) in [4.78, 5) is 0. The Kier molecular flexibility index (Phi) is 3.82. The summed E-state index contributed by atoms with van der Waals surface area (Å²) in [5.74, 6) is -5.49. The predicted molar refractivity (Wildman–Crippen MR) is 48.6 cm³/mol. The minimum Gasteiger partial charge on any atom is -0.507 e. The van der Waals surface area contributed by atoms with Crippen LogP contribution < -0.4 is 0 Å². The smallest absolute Gasteiger partial charge is 0.306 e. The fraction of sp³-hybridized carbons (Fsp3) is 0. The molecule has 0 aliphatic heterocycles. The van der Waals surface area contributed by atoms with Crippen LogP contribution in [-0.4, -0.2) is 5.11 Å². The monoisotopic (exact) mass is 254 g/mol. The van der Waals surface area contributed by atoms with E-state index in [1.54, 1.807) is 0 Å². The summed E-state index contributed by atoms with van der Waals surface area (Å²) in [5.41, 5.74) is -2.45. The lowest BCUT2D eigenvalue weighted by Gasteiger charge is -2.07. The number of phenols is 1. The lowest BCUT2D eigenvalue weighted by Crippen LogP contribution is -1.91. The van der Waals surface area contributed by atoms with Crippen LogP contribution in [0.4, 0.5) is 26.3 Å². The number of rotatable bonds is 2. The Morgan fingerprint density at radius 1 is 0.824 bits per heavy atom. The highest BCUT2D eigenvalue weighted by atomic mass is 19.3. The maximum Gasteiger partial charge on any atom is 0.306 e. The Labute approximate surface area is 91.3 Å². The first-order chi connectivity index (χ1) is 7.86. The third kappa shape index (κ3) is 2.61. The number of phenolic OH excluding ortho intramolecular Hbond substituents is 1. The molecule has 1 N–H and O–H groups in total. The number of aromatic hydroxyl groups is 1. The van der Waals surface area contributed by atoms with Crippen molar-refractivity contribution in [3.05, 3.63) is 41.5 Å². The average molecular weight is 254 g/mol. The van der Waals surface area contributed by atoms with Gasteiger partial charge >= 0.3 is 12.2 Å². The lowest BCUT2D eigenvalue weighted by molar-refractivity contribution is 0.405. The summed E-state index contributed by atoms with van der Waals surface area (Å²) < 4.78 is 73.8. The number of benzene rings is 1. The van der Waals surface area contributed by atoms with Crippen LogP contribution in [0, 0.1) is 0 Å². The Balaban J connectivity index is 3.60. The van der Waals surface area contributed by atoms with Gasteiger partial charge in [-0.3, -0.25) is 0 Å². The first kappa shape index (κ1) is 13.1. The molecular formula is C10H4F6O. The minimum atomic E-state index is -2.85. The molecule has 0 radical (unpaired) electrons. The zero-order chi connectivity index (χ0) is 13.2. The highest BCUT2D eigenvalue weighted by Crippen LogP contribution is 2.37. The molecule has 92 valence electrons. The summed E-state index contributed by atoms with van der Waals surface area (Å²) >= 11 is 0. The molecule has 0 saturated heterocycles. The number of hydrogen-bond acceptors (Lipinski definition) is 1. The molecule has 0 heterocycles. The molecule has 1 nitrogen and oxygen atoms in total. The molecule has 0 fully saturated rings. The molecule has 0 aromatic heterocycles. The molecule has 0 spiro atoms. The molecule has 0 saturated carbocycles. The van der Waals surface area contributed by atoms with Crippen molar-refractivity contribution < 1.29 is 31.4 Å². The molecule has 0 amide bonds. The van der Waals surface area contributed by atoms with Crippen LogP contribution in [0.5, 0.6) is 5.75 Å². The van der Waals surface area contributed by atoms with E-state index in [2.05, 4.69) is 0 Å². The fourth-order valence-corrected chi connectivity index (χ4v) is 1.15. The van der Waals surface area contributed by atoms with Gasteiger partial charge in [-0.2, -0.15) is 17.6 Å². The molecule has 17 heavy (non-hydrogen) atoms. The van der Waals surface area contributed by atoms with Crippen molar-refractivity contribution in [2.75, 3.05) is 0 Å². The highest BCUT2D eigenvalue weighted by molar-refractivity contribution is 5.78. The Morgan fingerprint density at radius 2 is 1.35 bits per heavy atom. The second-order valence-electron chi connectivity index (χ2n) is 2.85. The van der Waals surface area contributed by atoms with E-state index in [0.717, 1.165) is 12.1 Å². The molecule has 0 bridgehead atoms. The van der Waals surface area contributed by atoms with Crippen molar-refractivity contribution >= 4 is 11.7 Å². The van der Waals surface area contributed by atoms with Crippen molar-refractivity contribution in [1.29, 1.82) is 0 Å². The molecule has 0 atom stereocenters. The average Bonchev–Trinajstić information content (AvgIpc) is 2.26. The fourth-order valence-electron chi connectivity index (χ4n) is 1.15. The van der Waals surface area contributed by atoms with Gasteiger partial charge in [0.15, 0.2) is 11.7 Å². The van der Waals surface area contributed by atoms with Gasteiger partial charge in [-0.25, -0.2) is 8.78 Å². The molecular weight excluding hydrogens is 250 g/mol. The third-order valence-corrected chi connectivity index (χ3v) is 1.83. The lowest BCUT2D eigenvalue weighted by atomic mass is 10.0. The van der Waals surface area contributed by atoms with Crippen molar-refractivity contribution in [2.24, 2.45) is 0 Å². The molecule has 0 unspecified atom stereocenters. The van der Waals surface area contributed by atoms with Gasteiger partial charge in [-0.15, -0.1) is 0 Å². The molecule has 0 aliphatic rings. The van der Waals surface area contributed by atoms with Gasteiger partial charge in [0, 0.05) is 5.56 Å². The van der Waals surface area contributed by atoms with Crippen LogP contribution in [0.15, 0.2) is 30.4 Å². The Morgan fingerprint density at radius 3 is 1.82 bits per heavy atom. The zero-order valence-electron chi connectivity index (χ0n) is 7.95. The first-order valence-electron chi connectivity index (χ1n) is 4.10. The third-order valence-electron chi connectivity index (χ3n) is 1.83. The summed E-state index contributed by atoms with van der Waals surface area (Å²) in [6, 6.07) is 2.33. The van der Waals surface area contributed by atoms with Crippen molar-refractivity contribution in [1.82, 2.24) is 0 Å². The molecule has 1 aromatic rings. The van der Waals surface area contributed by atoms with Gasteiger partial charge in [0.25, 0.3) is 0 Å². The van der Waals surface area contributed by atoms with Gasteiger partial charge in [-0.1, -0.05) is 12.1 Å². The number of hydrogen-bond donors (Lipinski definition) is 1. The van der Waals surface area contributed by atoms with Crippen LogP contribution >= 0.6 is 0 Å². The molecule has 1 aromatic carbocycles. The van der Waals surface area contributed by atoms with Crippen molar-refractivity contribution in [3.8, 4) is 5.75 Å². The summed E-state index contributed by atoms with van der Waals surface area (Å²) in [6.07, 6.45) is -5.65. The highest BCUT2D eigenvalue weighted by Gasteiger charge is 2.22. The maximum absolute atomic E-state index is 12.9. The largest absolute Gasteiger partial charge is 0.507 e. The molecule has 1 rings (SSSR count). The Bertz CT molecular complexity index is 498. The maximum atomic E-state index is 12.9. The van der Waals surface area contributed by atoms with Crippen LogP contribution in [-0.2, 0) is 0 Å². The Hall–Kier alpha value is -1.92. The summed E-state index contributed by atoms with van der Waals surface area (Å²) in [7, 11) is 0. The van der Waals surface area contributed by atoms with Crippen molar-refractivity contribution in [2.45, 2.75) is 0 Å². The zero-order valence-corrected chi connectivity index (χ0v) is 7.95. The van der Waals surface area contributed by atoms with Crippen LogP contribution in [0.25, 0.3) is 11.7 Å². The van der Waals surface area contributed by atoms with E-state index in [-0.39, 0.29) is 0 Å². The van der Waals surface area contributed by atoms with E-state index in [1.165, 1.54) is 0 Å². The predicted octanol–water partition coefficient (Wildman–Crippen LogP) is 4.46. The normalized spacial score (nSPS) is 10.0. The summed E-state index contributed by atoms with van der Waals surface area (Å²) in [5, 5.41) is 9.10. The molecule has 0 aliphatic carbocycles. The van der Waals surface area contributed by atoms with Gasteiger partial charge in [0.05, 0.1) is 5.56 Å². The van der Waals surface area contributed by atoms with Crippen LogP contribution in [0.3, 0.4) is 0 Å². The quantitative estimate of drug-likeness (QED) is 0.772. The van der Waals surface area contributed by atoms with E-state index in [0.29, 0.717) is 6.07 Å².